The van der Waals surface area contributed by atoms with Crippen LogP contribution in [0.2, 0.25) is 0 Å². The van der Waals surface area contributed by atoms with Gasteiger partial charge < -0.3 is 15.2 Å². The van der Waals surface area contributed by atoms with Gasteiger partial charge in [-0.2, -0.15) is 0 Å². The molecule has 24 heavy (non-hydrogen) atoms. The molecule has 0 saturated carbocycles. The van der Waals surface area contributed by atoms with Crippen molar-refractivity contribution >= 4 is 12.3 Å². The molecule has 1 unspecified atom stereocenters. The summed E-state index contributed by atoms with van der Waals surface area (Å²) in [6, 6.07) is -0.718. The molecule has 0 aromatic rings. The van der Waals surface area contributed by atoms with Crippen molar-refractivity contribution < 1.29 is 14.7 Å². The van der Waals surface area contributed by atoms with Crippen molar-refractivity contribution in [3.63, 3.8) is 0 Å². The summed E-state index contributed by atoms with van der Waals surface area (Å²) in [6.07, 6.45) is 19.2. The van der Waals surface area contributed by atoms with E-state index in [0.29, 0.717) is 12.8 Å². The van der Waals surface area contributed by atoms with Crippen LogP contribution in [0.4, 0.5) is 0 Å². The number of nitrogens with one attached hydrogen (secondary N) is 1. The van der Waals surface area contributed by atoms with Gasteiger partial charge in [0.2, 0.25) is 0 Å². The summed E-state index contributed by atoms with van der Waals surface area (Å²) in [5.74, 6) is -0.938. The Kier molecular flexibility index (Phi) is 17.7. The van der Waals surface area contributed by atoms with Gasteiger partial charge >= 0.3 is 5.97 Å². The molecule has 4 heteroatoms. The van der Waals surface area contributed by atoms with E-state index in [1.165, 1.54) is 77.0 Å². The maximum absolute atomic E-state index is 10.8. The van der Waals surface area contributed by atoms with Gasteiger partial charge in [-0.15, -0.1) is 0 Å². The highest BCUT2D eigenvalue weighted by Crippen LogP contribution is 2.12. The second-order valence-corrected chi connectivity index (χ2v) is 6.84. The van der Waals surface area contributed by atoms with Crippen LogP contribution < -0.4 is 5.32 Å². The number of carboxylic acids is 1. The van der Waals surface area contributed by atoms with Crippen molar-refractivity contribution in [2.24, 2.45) is 0 Å². The Bertz CT molecular complexity index is 295. The van der Waals surface area contributed by atoms with Gasteiger partial charge in [0.25, 0.3) is 0 Å². The highest BCUT2D eigenvalue weighted by molar-refractivity contribution is 5.76. The van der Waals surface area contributed by atoms with E-state index < -0.39 is 12.0 Å². The minimum absolute atomic E-state index is 0.0495. The highest BCUT2D eigenvalue weighted by Gasteiger charge is 2.14. The maximum atomic E-state index is 10.8. The third-order valence-corrected chi connectivity index (χ3v) is 4.55. The van der Waals surface area contributed by atoms with Crippen LogP contribution in [-0.4, -0.2) is 29.9 Å². The molecule has 0 saturated heterocycles. The van der Waals surface area contributed by atoms with Crippen molar-refractivity contribution in [3.05, 3.63) is 0 Å². The normalized spacial score (nSPS) is 12.2. The molecule has 0 radical (unpaired) electrons. The lowest BCUT2D eigenvalue weighted by Crippen LogP contribution is -2.37. The van der Waals surface area contributed by atoms with Gasteiger partial charge in [-0.3, -0.25) is 4.79 Å². The van der Waals surface area contributed by atoms with Crippen LogP contribution in [0.5, 0.6) is 0 Å². The topological polar surface area (TPSA) is 66.4 Å². The molecule has 0 aliphatic carbocycles. The van der Waals surface area contributed by atoms with Crippen LogP contribution in [0.3, 0.4) is 0 Å². The Morgan fingerprint density at radius 3 is 1.62 bits per heavy atom. The predicted molar refractivity (Wildman–Crippen MR) is 100 cm³/mol. The van der Waals surface area contributed by atoms with Crippen LogP contribution in [-0.2, 0) is 9.59 Å². The van der Waals surface area contributed by atoms with Crippen LogP contribution in [0.25, 0.3) is 0 Å². The zero-order valence-electron chi connectivity index (χ0n) is 15.7. The predicted octanol–water partition coefficient (Wildman–Crippen LogP) is 5.10. The average molecular weight is 342 g/mol. The molecule has 0 aliphatic heterocycles. The number of carbonyl (C=O) groups is 2. The Morgan fingerprint density at radius 1 is 0.833 bits per heavy atom. The fourth-order valence-electron chi connectivity index (χ4n) is 2.96. The van der Waals surface area contributed by atoms with Crippen LogP contribution >= 0.6 is 0 Å². The Hall–Kier alpha value is -0.900. The van der Waals surface area contributed by atoms with Crippen LogP contribution in [0.1, 0.15) is 103 Å². The number of hydrogen-bond donors (Lipinski definition) is 2. The molecule has 1 atom stereocenters. The molecule has 0 amide bonds. The fourth-order valence-corrected chi connectivity index (χ4v) is 2.96. The summed E-state index contributed by atoms with van der Waals surface area (Å²) in [5, 5.41) is 11.8. The number of aldehydes is 1. The second-order valence-electron chi connectivity index (χ2n) is 6.84. The highest BCUT2D eigenvalue weighted by atomic mass is 16.4. The summed E-state index contributed by atoms with van der Waals surface area (Å²) in [6.45, 7) is 2.94. The number of hydrogen-bond acceptors (Lipinski definition) is 3. The maximum Gasteiger partial charge on any atom is 0.321 e. The van der Waals surface area contributed by atoms with Gasteiger partial charge in [0.1, 0.15) is 12.3 Å². The first kappa shape index (κ1) is 23.1. The summed E-state index contributed by atoms with van der Waals surface area (Å²) < 4.78 is 0. The molecule has 0 spiro atoms. The molecule has 0 heterocycles. The number of carboxylic acid groups (broad SMARTS) is 1. The molecule has 4 nitrogen and oxygen atoms in total. The van der Waals surface area contributed by atoms with E-state index in [4.69, 9.17) is 5.11 Å². The molecular weight excluding hydrogens is 302 g/mol. The number of aliphatic carboxylic acids is 1. The molecule has 142 valence electrons. The van der Waals surface area contributed by atoms with E-state index in [1.807, 2.05) is 0 Å². The van der Waals surface area contributed by atoms with E-state index in [2.05, 4.69) is 12.2 Å². The zero-order chi connectivity index (χ0) is 17.9. The first-order valence-corrected chi connectivity index (χ1v) is 10.1. The standard InChI is InChI=1S/C20H39NO3/c1-2-3-4-5-6-7-8-9-10-11-12-13-14-15-17-21-19(16-18-22)20(23)24/h18-19,21H,2-17H2,1H3,(H,23,24). The van der Waals surface area contributed by atoms with Gasteiger partial charge in [0, 0.05) is 6.42 Å². The lowest BCUT2D eigenvalue weighted by atomic mass is 10.0. The Balaban J connectivity index is 3.20. The minimum Gasteiger partial charge on any atom is -0.480 e. The van der Waals surface area contributed by atoms with Crippen molar-refractivity contribution in [2.75, 3.05) is 6.54 Å². The van der Waals surface area contributed by atoms with E-state index >= 15 is 0 Å². The van der Waals surface area contributed by atoms with Crippen molar-refractivity contribution in [1.82, 2.24) is 5.32 Å². The van der Waals surface area contributed by atoms with E-state index in [1.54, 1.807) is 0 Å². The fraction of sp³-hybridized carbons (Fsp3) is 0.900. The lowest BCUT2D eigenvalue weighted by Gasteiger charge is -2.11. The average Bonchev–Trinajstić information content (AvgIpc) is 2.57. The van der Waals surface area contributed by atoms with Crippen molar-refractivity contribution in [3.8, 4) is 0 Å². The quantitative estimate of drug-likeness (QED) is 0.253. The zero-order valence-corrected chi connectivity index (χ0v) is 15.7. The second kappa shape index (κ2) is 18.4. The van der Waals surface area contributed by atoms with Gasteiger partial charge in [0.05, 0.1) is 0 Å². The molecule has 2 N–H and O–H groups in total. The molecule has 0 aromatic heterocycles. The molecule has 0 fully saturated rings. The number of carbonyl (C=O) groups excluding carboxylic acids is 1. The van der Waals surface area contributed by atoms with Gasteiger partial charge in [-0.1, -0.05) is 90.4 Å². The third kappa shape index (κ3) is 16.0. The van der Waals surface area contributed by atoms with Crippen molar-refractivity contribution in [2.45, 2.75) is 109 Å². The largest absolute Gasteiger partial charge is 0.480 e. The number of rotatable bonds is 19. The van der Waals surface area contributed by atoms with E-state index in [0.717, 1.165) is 12.8 Å². The first-order chi connectivity index (χ1) is 11.7. The number of unbranched alkanes of at least 4 members (excludes halogenated alkanes) is 13. The van der Waals surface area contributed by atoms with E-state index in [-0.39, 0.29) is 6.42 Å². The Labute approximate surface area is 148 Å². The summed E-state index contributed by atoms with van der Waals surface area (Å²) >= 11 is 0. The van der Waals surface area contributed by atoms with Crippen molar-refractivity contribution in [1.29, 1.82) is 0 Å². The lowest BCUT2D eigenvalue weighted by molar-refractivity contribution is -0.140. The van der Waals surface area contributed by atoms with Gasteiger partial charge in [0.15, 0.2) is 0 Å². The molecular formula is C20H39NO3. The minimum atomic E-state index is -0.938. The molecule has 0 bridgehead atoms. The molecule has 0 aliphatic rings. The monoisotopic (exact) mass is 341 g/mol. The Morgan fingerprint density at radius 2 is 1.25 bits per heavy atom. The van der Waals surface area contributed by atoms with Crippen LogP contribution in [0.15, 0.2) is 0 Å². The summed E-state index contributed by atoms with van der Waals surface area (Å²) in [4.78, 5) is 21.2. The molecule has 0 rings (SSSR count). The first-order valence-electron chi connectivity index (χ1n) is 10.1. The summed E-state index contributed by atoms with van der Waals surface area (Å²) in [7, 11) is 0. The van der Waals surface area contributed by atoms with Gasteiger partial charge in [-0.05, 0) is 13.0 Å². The third-order valence-electron chi connectivity index (χ3n) is 4.55. The SMILES string of the molecule is CCCCCCCCCCCCCCCCNC(CC=O)C(=O)O. The molecule has 0 aromatic carbocycles. The van der Waals surface area contributed by atoms with Gasteiger partial charge in [-0.25, -0.2) is 0 Å². The van der Waals surface area contributed by atoms with E-state index in [9.17, 15) is 9.59 Å². The summed E-state index contributed by atoms with van der Waals surface area (Å²) in [5.41, 5.74) is 0. The van der Waals surface area contributed by atoms with Crippen LogP contribution in [0, 0.1) is 0 Å². The smallest absolute Gasteiger partial charge is 0.321 e.